The Hall–Kier alpha value is -2.21. The highest BCUT2D eigenvalue weighted by Crippen LogP contribution is 2.41. The quantitative estimate of drug-likeness (QED) is 0.376. The third kappa shape index (κ3) is 5.28. The number of hydrogen-bond acceptors (Lipinski definition) is 7. The van der Waals surface area contributed by atoms with Crippen LogP contribution in [0.4, 0.5) is 0 Å². The average Bonchev–Trinajstić information content (AvgIpc) is 3.58. The maximum Gasteiger partial charge on any atom is 0.262 e. The lowest BCUT2D eigenvalue weighted by molar-refractivity contribution is -0.135. The summed E-state index contributed by atoms with van der Waals surface area (Å²) in [6.45, 7) is 1.04. The first-order chi connectivity index (χ1) is 14.2. The summed E-state index contributed by atoms with van der Waals surface area (Å²) in [7, 11) is -1.80. The van der Waals surface area contributed by atoms with Crippen LogP contribution in [0.5, 0.6) is 5.75 Å². The molecule has 1 aromatic rings. The maximum absolute atomic E-state index is 12.7. The second kappa shape index (κ2) is 9.29. The summed E-state index contributed by atoms with van der Waals surface area (Å²) in [5, 5.41) is 11.8. The molecular weight excluding hydrogens is 412 g/mol. The second-order valence-corrected chi connectivity index (χ2v) is 9.62. The zero-order valence-corrected chi connectivity index (χ0v) is 17.9. The topological polar surface area (TPSA) is 128 Å². The van der Waals surface area contributed by atoms with Crippen molar-refractivity contribution >= 4 is 21.8 Å². The first-order valence-corrected chi connectivity index (χ1v) is 11.7. The van der Waals surface area contributed by atoms with Gasteiger partial charge in [-0.25, -0.2) is 13.9 Å². The molecule has 1 aliphatic heterocycles. The highest BCUT2D eigenvalue weighted by atomic mass is 32.2. The molecule has 11 heteroatoms. The van der Waals surface area contributed by atoms with E-state index >= 15 is 0 Å². The Balaban J connectivity index is 1.65. The van der Waals surface area contributed by atoms with Crippen LogP contribution in [0.2, 0.25) is 0 Å². The van der Waals surface area contributed by atoms with Crippen LogP contribution in [0.25, 0.3) is 0 Å². The number of nitrogens with zero attached hydrogens (tertiary/aromatic N) is 2. The Morgan fingerprint density at radius 3 is 2.43 bits per heavy atom. The minimum atomic E-state index is -3.30. The lowest BCUT2D eigenvalue weighted by atomic mass is 10.1. The van der Waals surface area contributed by atoms with E-state index in [2.05, 4.69) is 5.32 Å². The van der Waals surface area contributed by atoms with Crippen LogP contribution in [-0.4, -0.2) is 86.8 Å². The van der Waals surface area contributed by atoms with E-state index in [0.717, 1.165) is 24.7 Å². The van der Waals surface area contributed by atoms with Gasteiger partial charge in [-0.15, -0.1) is 0 Å². The minimum absolute atomic E-state index is 0.0440. The minimum Gasteiger partial charge on any atom is -0.496 e. The molecular formula is C19H28N4O6S. The third-order valence-corrected chi connectivity index (χ3v) is 6.87. The van der Waals surface area contributed by atoms with E-state index in [-0.39, 0.29) is 25.5 Å². The molecule has 1 atom stereocenters. The van der Waals surface area contributed by atoms with E-state index in [4.69, 9.17) is 9.94 Å². The lowest BCUT2D eigenvalue weighted by Crippen LogP contribution is -2.58. The molecule has 0 radical (unpaired) electrons. The molecule has 30 heavy (non-hydrogen) atoms. The standard InChI is InChI=1S/C19H28N4O6S/c1-29-17-11-14(13-3-4-13)5-6-15(17)18(24)20-12-16(19(25)21-26)22-7-9-23(10-8-22)30(2,27)28/h5-6,11,13,16,26H,3-4,7-10,12H2,1-2H3,(H,20,24)(H,21,25)/t16-/m0/s1. The molecule has 1 saturated carbocycles. The van der Waals surface area contributed by atoms with Crippen molar-refractivity contribution in [2.24, 2.45) is 0 Å². The summed E-state index contributed by atoms with van der Waals surface area (Å²) in [4.78, 5) is 26.6. The van der Waals surface area contributed by atoms with Crippen molar-refractivity contribution in [2.75, 3.05) is 46.1 Å². The molecule has 0 aromatic heterocycles. The van der Waals surface area contributed by atoms with Crippen LogP contribution in [0.1, 0.15) is 34.7 Å². The summed E-state index contributed by atoms with van der Waals surface area (Å²) in [5.41, 5.74) is 3.14. The summed E-state index contributed by atoms with van der Waals surface area (Å²) >= 11 is 0. The number of rotatable bonds is 8. The zero-order chi connectivity index (χ0) is 21.9. The van der Waals surface area contributed by atoms with Crippen molar-refractivity contribution in [3.8, 4) is 5.75 Å². The van der Waals surface area contributed by atoms with Crippen molar-refractivity contribution in [3.05, 3.63) is 29.3 Å². The number of piperazine rings is 1. The number of ether oxygens (including phenoxy) is 1. The van der Waals surface area contributed by atoms with Crippen molar-refractivity contribution in [2.45, 2.75) is 24.8 Å². The van der Waals surface area contributed by atoms with E-state index in [1.54, 1.807) is 16.4 Å². The van der Waals surface area contributed by atoms with Crippen molar-refractivity contribution in [3.63, 3.8) is 0 Å². The zero-order valence-electron chi connectivity index (χ0n) is 17.1. The van der Waals surface area contributed by atoms with E-state index in [1.165, 1.54) is 11.4 Å². The molecule has 2 fully saturated rings. The van der Waals surface area contributed by atoms with Gasteiger partial charge >= 0.3 is 0 Å². The van der Waals surface area contributed by atoms with Crippen molar-refractivity contribution < 1.29 is 28.0 Å². The van der Waals surface area contributed by atoms with Gasteiger partial charge in [0.15, 0.2) is 0 Å². The van der Waals surface area contributed by atoms with Crippen LogP contribution in [-0.2, 0) is 14.8 Å². The second-order valence-electron chi connectivity index (χ2n) is 7.63. The fraction of sp³-hybridized carbons (Fsp3) is 0.579. The molecule has 1 saturated heterocycles. The molecule has 0 spiro atoms. The first-order valence-electron chi connectivity index (χ1n) is 9.84. The lowest BCUT2D eigenvalue weighted by Gasteiger charge is -2.37. The Morgan fingerprint density at radius 1 is 1.23 bits per heavy atom. The van der Waals surface area contributed by atoms with Gasteiger partial charge in [-0.3, -0.25) is 19.7 Å². The van der Waals surface area contributed by atoms with Crippen LogP contribution in [0.15, 0.2) is 18.2 Å². The number of carbonyl (C=O) groups excluding carboxylic acids is 2. The largest absolute Gasteiger partial charge is 0.496 e. The summed E-state index contributed by atoms with van der Waals surface area (Å²) < 4.78 is 30.1. The Bertz CT molecular complexity index is 894. The number of carbonyl (C=O) groups is 2. The SMILES string of the molecule is COc1cc(C2CC2)ccc1C(=O)NC[C@@H](C(=O)NO)N1CCN(S(C)(=O)=O)CC1. The van der Waals surface area contributed by atoms with Crippen LogP contribution in [0.3, 0.4) is 0 Å². The number of methoxy groups -OCH3 is 1. The monoisotopic (exact) mass is 440 g/mol. The Labute approximate surface area is 176 Å². The molecule has 1 aliphatic carbocycles. The molecule has 10 nitrogen and oxygen atoms in total. The van der Waals surface area contributed by atoms with Gasteiger partial charge in [0, 0.05) is 32.7 Å². The number of nitrogens with one attached hydrogen (secondary N) is 2. The molecule has 2 amide bonds. The van der Waals surface area contributed by atoms with Crippen LogP contribution >= 0.6 is 0 Å². The number of hydrogen-bond donors (Lipinski definition) is 3. The van der Waals surface area contributed by atoms with E-state index < -0.39 is 22.0 Å². The predicted octanol–water partition coefficient (Wildman–Crippen LogP) is -0.246. The van der Waals surface area contributed by atoms with Gasteiger partial charge in [-0.05, 0) is 36.5 Å². The predicted molar refractivity (Wildman–Crippen MR) is 109 cm³/mol. The maximum atomic E-state index is 12.7. The fourth-order valence-corrected chi connectivity index (χ4v) is 4.49. The van der Waals surface area contributed by atoms with Crippen molar-refractivity contribution in [1.29, 1.82) is 0 Å². The fourth-order valence-electron chi connectivity index (χ4n) is 3.66. The van der Waals surface area contributed by atoms with Gasteiger partial charge in [-0.1, -0.05) is 6.07 Å². The van der Waals surface area contributed by atoms with E-state index in [1.807, 2.05) is 12.1 Å². The van der Waals surface area contributed by atoms with Gasteiger partial charge in [0.25, 0.3) is 11.8 Å². The molecule has 2 aliphatic rings. The molecule has 166 valence electrons. The number of amides is 2. The van der Waals surface area contributed by atoms with Crippen LogP contribution < -0.4 is 15.5 Å². The molecule has 1 aromatic carbocycles. The third-order valence-electron chi connectivity index (χ3n) is 5.57. The first kappa shape index (κ1) is 22.5. The summed E-state index contributed by atoms with van der Waals surface area (Å²) in [6, 6.07) is 4.66. The molecule has 0 bridgehead atoms. The average molecular weight is 441 g/mol. The molecule has 3 N–H and O–H groups in total. The summed E-state index contributed by atoms with van der Waals surface area (Å²) in [5.74, 6) is -0.0556. The number of sulfonamides is 1. The smallest absolute Gasteiger partial charge is 0.262 e. The Morgan fingerprint density at radius 2 is 1.90 bits per heavy atom. The van der Waals surface area contributed by atoms with Gasteiger partial charge in [0.1, 0.15) is 11.8 Å². The highest BCUT2D eigenvalue weighted by Gasteiger charge is 2.32. The summed E-state index contributed by atoms with van der Waals surface area (Å²) in [6.07, 6.45) is 3.42. The Kier molecular flexibility index (Phi) is 6.96. The molecule has 0 unspecified atom stereocenters. The molecule has 3 rings (SSSR count). The number of hydroxylamine groups is 1. The van der Waals surface area contributed by atoms with Crippen molar-refractivity contribution in [1.82, 2.24) is 20.0 Å². The number of benzene rings is 1. The van der Waals surface area contributed by atoms with Gasteiger partial charge in [0.2, 0.25) is 10.0 Å². The molecule has 1 heterocycles. The highest BCUT2D eigenvalue weighted by molar-refractivity contribution is 7.88. The van der Waals surface area contributed by atoms with Gasteiger partial charge < -0.3 is 10.1 Å². The van der Waals surface area contributed by atoms with Crippen LogP contribution in [0, 0.1) is 0 Å². The van der Waals surface area contributed by atoms with E-state index in [9.17, 15) is 18.0 Å². The van der Waals surface area contributed by atoms with Gasteiger partial charge in [0.05, 0.1) is 18.9 Å². The van der Waals surface area contributed by atoms with E-state index in [0.29, 0.717) is 30.3 Å². The van der Waals surface area contributed by atoms with Gasteiger partial charge in [-0.2, -0.15) is 4.31 Å². The normalized spacial score (nSPS) is 19.2.